The van der Waals surface area contributed by atoms with Gasteiger partial charge in [-0.3, -0.25) is 14.5 Å². The monoisotopic (exact) mass is 457 g/mol. The molecule has 1 atom stereocenters. The molecule has 2 aromatic carbocycles. The Morgan fingerprint density at radius 1 is 1.19 bits per heavy atom. The lowest BCUT2D eigenvalue weighted by Gasteiger charge is -2.14. The molecular formula is C22H23N3O4S2. The predicted molar refractivity (Wildman–Crippen MR) is 124 cm³/mol. The van der Waals surface area contributed by atoms with Crippen molar-refractivity contribution < 1.29 is 18.0 Å². The molecule has 3 rings (SSSR count). The molecule has 2 amide bonds. The van der Waals surface area contributed by atoms with E-state index in [0.717, 1.165) is 22.9 Å². The first-order valence-corrected chi connectivity index (χ1v) is 11.9. The Morgan fingerprint density at radius 3 is 2.52 bits per heavy atom. The first kappa shape index (κ1) is 22.8. The van der Waals surface area contributed by atoms with Crippen LogP contribution in [0.3, 0.4) is 0 Å². The Balaban J connectivity index is 1.80. The third-order valence-corrected chi connectivity index (χ3v) is 7.21. The minimum absolute atomic E-state index is 0.0398. The van der Waals surface area contributed by atoms with Crippen molar-refractivity contribution in [1.29, 1.82) is 0 Å². The summed E-state index contributed by atoms with van der Waals surface area (Å²) in [6.45, 7) is 7.45. The number of hydrogen-bond acceptors (Lipinski definition) is 5. The molecule has 1 aliphatic heterocycles. The quantitative estimate of drug-likeness (QED) is 0.642. The van der Waals surface area contributed by atoms with Crippen molar-refractivity contribution in [2.24, 2.45) is 4.40 Å². The molecule has 162 valence electrons. The summed E-state index contributed by atoms with van der Waals surface area (Å²) in [4.78, 5) is 26.6. The zero-order valence-electron chi connectivity index (χ0n) is 17.2. The number of amides is 2. The standard InChI is InChI=1S/C22H23N3O4S2/c1-4-13-25-21(27)19(14-20(26)23-18-8-6-5-7-16(18)3)30-22(25)24-31(28,29)17-11-9-15(2)10-12-17/h4-12,19H,1,13-14H2,2-3H3,(H,23,26). The van der Waals surface area contributed by atoms with E-state index < -0.39 is 15.3 Å². The number of rotatable bonds is 7. The van der Waals surface area contributed by atoms with Gasteiger partial charge in [0, 0.05) is 18.7 Å². The highest BCUT2D eigenvalue weighted by Gasteiger charge is 2.39. The van der Waals surface area contributed by atoms with Crippen LogP contribution in [0.2, 0.25) is 0 Å². The van der Waals surface area contributed by atoms with Crippen LogP contribution in [0.15, 0.2) is 70.5 Å². The van der Waals surface area contributed by atoms with E-state index in [9.17, 15) is 18.0 Å². The molecule has 1 unspecified atom stereocenters. The molecular weight excluding hydrogens is 434 g/mol. The lowest BCUT2D eigenvalue weighted by molar-refractivity contribution is -0.127. The Hall–Kier alpha value is -2.91. The highest BCUT2D eigenvalue weighted by molar-refractivity contribution is 8.16. The van der Waals surface area contributed by atoms with Crippen LogP contribution in [0.4, 0.5) is 5.69 Å². The number of nitrogens with one attached hydrogen (secondary N) is 1. The molecule has 1 aliphatic rings. The van der Waals surface area contributed by atoms with Gasteiger partial charge in [0.15, 0.2) is 5.17 Å². The van der Waals surface area contributed by atoms with Gasteiger partial charge in [-0.25, -0.2) is 0 Å². The van der Waals surface area contributed by atoms with E-state index in [0.29, 0.717) is 5.69 Å². The molecule has 0 saturated carbocycles. The third kappa shape index (κ3) is 5.42. The molecule has 1 saturated heterocycles. The first-order chi connectivity index (χ1) is 14.7. The van der Waals surface area contributed by atoms with Gasteiger partial charge in [-0.15, -0.1) is 11.0 Å². The van der Waals surface area contributed by atoms with Crippen molar-refractivity contribution in [3.05, 3.63) is 72.3 Å². The number of carbonyl (C=O) groups is 2. The molecule has 1 heterocycles. The van der Waals surface area contributed by atoms with Crippen LogP contribution in [0.25, 0.3) is 0 Å². The summed E-state index contributed by atoms with van der Waals surface area (Å²) < 4.78 is 29.3. The van der Waals surface area contributed by atoms with Crippen LogP contribution in [0, 0.1) is 13.8 Å². The fourth-order valence-corrected chi connectivity index (χ4v) is 5.32. The summed E-state index contributed by atoms with van der Waals surface area (Å²) in [6.07, 6.45) is 1.39. The number of amidine groups is 1. The second kappa shape index (κ2) is 9.49. The molecule has 9 heteroatoms. The van der Waals surface area contributed by atoms with Crippen molar-refractivity contribution in [2.45, 2.75) is 30.4 Å². The number of carbonyl (C=O) groups excluding carboxylic acids is 2. The van der Waals surface area contributed by atoms with E-state index in [4.69, 9.17) is 0 Å². The molecule has 1 N–H and O–H groups in total. The minimum Gasteiger partial charge on any atom is -0.326 e. The number of para-hydroxylation sites is 1. The fourth-order valence-electron chi connectivity index (χ4n) is 2.95. The fraction of sp³-hybridized carbons (Fsp3) is 0.227. The molecule has 0 bridgehead atoms. The first-order valence-electron chi connectivity index (χ1n) is 9.57. The third-order valence-electron chi connectivity index (χ3n) is 4.64. The zero-order valence-corrected chi connectivity index (χ0v) is 18.9. The van der Waals surface area contributed by atoms with E-state index in [1.807, 2.05) is 32.0 Å². The van der Waals surface area contributed by atoms with Crippen LogP contribution < -0.4 is 5.32 Å². The van der Waals surface area contributed by atoms with Crippen molar-refractivity contribution in [1.82, 2.24) is 4.90 Å². The van der Waals surface area contributed by atoms with Gasteiger partial charge in [0.25, 0.3) is 10.0 Å². The van der Waals surface area contributed by atoms with Crippen molar-refractivity contribution in [3.63, 3.8) is 0 Å². The Kier molecular flexibility index (Phi) is 6.97. The summed E-state index contributed by atoms with van der Waals surface area (Å²) in [5.74, 6) is -0.705. The number of aryl methyl sites for hydroxylation is 2. The summed E-state index contributed by atoms with van der Waals surface area (Å²) in [5, 5.41) is 2.07. The van der Waals surface area contributed by atoms with E-state index in [1.54, 1.807) is 18.2 Å². The van der Waals surface area contributed by atoms with Crippen LogP contribution in [0.1, 0.15) is 17.5 Å². The number of benzene rings is 2. The van der Waals surface area contributed by atoms with Gasteiger partial charge >= 0.3 is 0 Å². The second-order valence-corrected chi connectivity index (χ2v) is 9.85. The van der Waals surface area contributed by atoms with E-state index >= 15 is 0 Å². The Labute approximate surface area is 186 Å². The number of anilines is 1. The van der Waals surface area contributed by atoms with Gasteiger partial charge < -0.3 is 5.32 Å². The molecule has 0 aromatic heterocycles. The molecule has 7 nitrogen and oxygen atoms in total. The second-order valence-electron chi connectivity index (χ2n) is 7.07. The molecule has 0 aliphatic carbocycles. The summed E-state index contributed by atoms with van der Waals surface area (Å²) in [5.41, 5.74) is 2.49. The topological polar surface area (TPSA) is 95.9 Å². The van der Waals surface area contributed by atoms with Gasteiger partial charge in [-0.2, -0.15) is 8.42 Å². The highest BCUT2D eigenvalue weighted by Crippen LogP contribution is 2.31. The van der Waals surface area contributed by atoms with Crippen molar-refractivity contribution >= 4 is 44.5 Å². The van der Waals surface area contributed by atoms with Crippen LogP contribution >= 0.6 is 11.8 Å². The molecule has 0 spiro atoms. The van der Waals surface area contributed by atoms with Crippen LogP contribution in [-0.2, 0) is 19.6 Å². The van der Waals surface area contributed by atoms with Crippen molar-refractivity contribution in [2.75, 3.05) is 11.9 Å². The molecule has 1 fully saturated rings. The predicted octanol–water partition coefficient (Wildman–Crippen LogP) is 3.51. The van der Waals surface area contributed by atoms with Gasteiger partial charge in [0.1, 0.15) is 5.25 Å². The number of sulfonamides is 1. The normalized spacial score (nSPS) is 17.7. The summed E-state index contributed by atoms with van der Waals surface area (Å²) in [6, 6.07) is 13.6. The number of thioether (sulfide) groups is 1. The minimum atomic E-state index is -4.00. The molecule has 2 aromatic rings. The Bertz CT molecular complexity index is 1140. The average Bonchev–Trinajstić information content (AvgIpc) is 2.98. The van der Waals surface area contributed by atoms with Gasteiger partial charge in [-0.05, 0) is 37.6 Å². The van der Waals surface area contributed by atoms with E-state index in [-0.39, 0.29) is 34.8 Å². The largest absolute Gasteiger partial charge is 0.326 e. The maximum Gasteiger partial charge on any atom is 0.284 e. The number of nitrogens with zero attached hydrogens (tertiary/aromatic N) is 2. The lowest BCUT2D eigenvalue weighted by atomic mass is 10.2. The maximum absolute atomic E-state index is 12.8. The SMILES string of the molecule is C=CCN1C(=O)C(CC(=O)Nc2ccccc2C)SC1=NS(=O)(=O)c1ccc(C)cc1. The summed E-state index contributed by atoms with van der Waals surface area (Å²) in [7, 11) is -4.00. The average molecular weight is 458 g/mol. The smallest absolute Gasteiger partial charge is 0.284 e. The number of hydrogen-bond donors (Lipinski definition) is 1. The van der Waals surface area contributed by atoms with Gasteiger partial charge in [0.05, 0.1) is 4.90 Å². The zero-order chi connectivity index (χ0) is 22.6. The molecule has 31 heavy (non-hydrogen) atoms. The molecule has 0 radical (unpaired) electrons. The lowest BCUT2D eigenvalue weighted by Crippen LogP contribution is -2.34. The Morgan fingerprint density at radius 2 is 1.87 bits per heavy atom. The van der Waals surface area contributed by atoms with Crippen LogP contribution in [0.5, 0.6) is 0 Å². The maximum atomic E-state index is 12.8. The van der Waals surface area contributed by atoms with Crippen molar-refractivity contribution in [3.8, 4) is 0 Å². The van der Waals surface area contributed by atoms with E-state index in [1.165, 1.54) is 23.1 Å². The summed E-state index contributed by atoms with van der Waals surface area (Å²) >= 11 is 0.973. The van der Waals surface area contributed by atoms with Gasteiger partial charge in [-0.1, -0.05) is 53.7 Å². The van der Waals surface area contributed by atoms with E-state index in [2.05, 4.69) is 16.3 Å². The highest BCUT2D eigenvalue weighted by atomic mass is 32.2. The van der Waals surface area contributed by atoms with Crippen LogP contribution in [-0.4, -0.2) is 42.1 Å². The van der Waals surface area contributed by atoms with Gasteiger partial charge in [0.2, 0.25) is 11.8 Å².